The molecule has 2 unspecified atom stereocenters. The van der Waals surface area contributed by atoms with Crippen molar-refractivity contribution in [2.45, 2.75) is 32.2 Å². The highest BCUT2D eigenvalue weighted by Crippen LogP contribution is 2.29. The third-order valence-corrected chi connectivity index (χ3v) is 4.94. The summed E-state index contributed by atoms with van der Waals surface area (Å²) in [6.45, 7) is 0.257. The number of aliphatic carboxylic acids is 1. The van der Waals surface area contributed by atoms with Gasteiger partial charge in [0.05, 0.1) is 12.5 Å². The van der Waals surface area contributed by atoms with E-state index in [1.165, 1.54) is 22.8 Å². The molecule has 1 heterocycles. The minimum Gasteiger partial charge on any atom is -0.481 e. The average molecular weight is 372 g/mol. The van der Waals surface area contributed by atoms with E-state index in [9.17, 15) is 18.8 Å². The quantitative estimate of drug-likeness (QED) is 0.845. The lowest BCUT2D eigenvalue weighted by Gasteiger charge is -2.25. The molecule has 1 saturated carbocycles. The number of halogens is 1. The Hall–Kier alpha value is -2.96. The zero-order valence-electron chi connectivity index (χ0n) is 14.7. The molecule has 1 aromatic heterocycles. The number of aromatic nitrogens is 1. The van der Waals surface area contributed by atoms with Gasteiger partial charge in [-0.05, 0) is 49.1 Å². The van der Waals surface area contributed by atoms with E-state index in [4.69, 9.17) is 5.11 Å². The highest BCUT2D eigenvalue weighted by molar-refractivity contribution is 5.92. The summed E-state index contributed by atoms with van der Waals surface area (Å²) >= 11 is 0. The van der Waals surface area contributed by atoms with E-state index in [1.807, 2.05) is 0 Å². The van der Waals surface area contributed by atoms with Crippen LogP contribution >= 0.6 is 0 Å². The summed E-state index contributed by atoms with van der Waals surface area (Å²) in [7, 11) is 0. The molecule has 2 N–H and O–H groups in total. The van der Waals surface area contributed by atoms with Gasteiger partial charge in [0.1, 0.15) is 11.5 Å². The van der Waals surface area contributed by atoms with Gasteiger partial charge in [-0.25, -0.2) is 4.39 Å². The Labute approximate surface area is 155 Å². The van der Waals surface area contributed by atoms with Crippen LogP contribution in [0.4, 0.5) is 10.1 Å². The monoisotopic (exact) mass is 372 g/mol. The fraction of sp³-hybridized carbons (Fsp3) is 0.350. The lowest BCUT2D eigenvalue weighted by Crippen LogP contribution is -2.33. The molecule has 0 radical (unpaired) electrons. The summed E-state index contributed by atoms with van der Waals surface area (Å²) in [4.78, 5) is 36.3. The molecular weight excluding hydrogens is 351 g/mol. The summed E-state index contributed by atoms with van der Waals surface area (Å²) in [5.41, 5.74) is 0.557. The van der Waals surface area contributed by atoms with E-state index < -0.39 is 17.8 Å². The standard InChI is InChI=1S/C20H21FN2O4/c21-16-8-6-13(7-9-16)12-23-10-2-5-17(19(23)25)22-18(24)14-3-1-4-15(11-14)20(26)27/h2,5-10,14-15H,1,3-4,11-12H2,(H,22,24)(H,26,27). The van der Waals surface area contributed by atoms with Crippen molar-refractivity contribution in [3.63, 3.8) is 0 Å². The number of benzene rings is 1. The van der Waals surface area contributed by atoms with E-state index in [1.54, 1.807) is 24.4 Å². The number of rotatable bonds is 5. The predicted octanol–water partition coefficient (Wildman–Crippen LogP) is 2.87. The second-order valence-corrected chi connectivity index (χ2v) is 6.87. The zero-order chi connectivity index (χ0) is 19.4. The Bertz CT molecular complexity index is 892. The number of carboxylic acid groups (broad SMARTS) is 1. The van der Waals surface area contributed by atoms with E-state index in [0.717, 1.165) is 5.56 Å². The fourth-order valence-electron chi connectivity index (χ4n) is 3.43. The van der Waals surface area contributed by atoms with Crippen molar-refractivity contribution in [2.75, 3.05) is 5.32 Å². The molecule has 1 aromatic carbocycles. The van der Waals surface area contributed by atoms with Crippen LogP contribution in [0.2, 0.25) is 0 Å². The van der Waals surface area contributed by atoms with Gasteiger partial charge in [-0.1, -0.05) is 18.6 Å². The maximum atomic E-state index is 13.0. The van der Waals surface area contributed by atoms with Gasteiger partial charge >= 0.3 is 5.97 Å². The lowest BCUT2D eigenvalue weighted by atomic mass is 9.81. The second kappa shape index (κ2) is 8.16. The average Bonchev–Trinajstić information content (AvgIpc) is 2.66. The number of pyridine rings is 1. The first kappa shape index (κ1) is 18.8. The molecule has 0 saturated heterocycles. The number of nitrogens with zero attached hydrogens (tertiary/aromatic N) is 1. The summed E-state index contributed by atoms with van der Waals surface area (Å²) in [5, 5.41) is 11.8. The number of nitrogens with one attached hydrogen (secondary N) is 1. The van der Waals surface area contributed by atoms with Crippen LogP contribution < -0.4 is 10.9 Å². The molecule has 6 nitrogen and oxygen atoms in total. The van der Waals surface area contributed by atoms with Crippen LogP contribution in [0.15, 0.2) is 47.4 Å². The predicted molar refractivity (Wildman–Crippen MR) is 97.9 cm³/mol. The van der Waals surface area contributed by atoms with Crippen LogP contribution in [0.1, 0.15) is 31.2 Å². The van der Waals surface area contributed by atoms with Gasteiger partial charge in [0.2, 0.25) is 5.91 Å². The van der Waals surface area contributed by atoms with Gasteiger partial charge in [0.25, 0.3) is 5.56 Å². The summed E-state index contributed by atoms with van der Waals surface area (Å²) < 4.78 is 14.4. The van der Waals surface area contributed by atoms with Crippen LogP contribution in [0.5, 0.6) is 0 Å². The molecule has 0 spiro atoms. The molecule has 1 aliphatic rings. The van der Waals surface area contributed by atoms with Crippen molar-refractivity contribution in [3.05, 3.63) is 64.3 Å². The molecule has 1 aliphatic carbocycles. The van der Waals surface area contributed by atoms with Gasteiger partial charge in [0.15, 0.2) is 0 Å². The molecule has 1 amide bonds. The van der Waals surface area contributed by atoms with Gasteiger partial charge in [0, 0.05) is 12.1 Å². The zero-order valence-corrected chi connectivity index (χ0v) is 14.7. The van der Waals surface area contributed by atoms with Crippen LogP contribution in [-0.2, 0) is 16.1 Å². The normalized spacial score (nSPS) is 19.4. The van der Waals surface area contributed by atoms with E-state index in [0.29, 0.717) is 19.3 Å². The minimum atomic E-state index is -0.881. The number of amides is 1. The van der Waals surface area contributed by atoms with Gasteiger partial charge in [-0.15, -0.1) is 0 Å². The molecule has 7 heteroatoms. The molecule has 0 aliphatic heterocycles. The molecule has 2 aromatic rings. The first-order valence-electron chi connectivity index (χ1n) is 8.91. The third-order valence-electron chi connectivity index (χ3n) is 4.94. The van der Waals surface area contributed by atoms with Crippen molar-refractivity contribution in [1.82, 2.24) is 4.57 Å². The third kappa shape index (κ3) is 4.61. The first-order valence-corrected chi connectivity index (χ1v) is 8.91. The fourth-order valence-corrected chi connectivity index (χ4v) is 3.43. The number of hydrogen-bond acceptors (Lipinski definition) is 3. The number of anilines is 1. The molecule has 142 valence electrons. The van der Waals surface area contributed by atoms with E-state index >= 15 is 0 Å². The summed E-state index contributed by atoms with van der Waals surface area (Å²) in [6.07, 6.45) is 3.76. The number of carbonyl (C=O) groups is 2. The molecule has 1 fully saturated rings. The smallest absolute Gasteiger partial charge is 0.306 e. The Morgan fingerprint density at radius 2 is 1.85 bits per heavy atom. The topological polar surface area (TPSA) is 88.4 Å². The molecule has 0 bridgehead atoms. The van der Waals surface area contributed by atoms with Gasteiger partial charge in [-0.2, -0.15) is 0 Å². The Morgan fingerprint density at radius 3 is 2.56 bits per heavy atom. The highest BCUT2D eigenvalue weighted by Gasteiger charge is 2.31. The first-order chi connectivity index (χ1) is 12.9. The van der Waals surface area contributed by atoms with Crippen LogP contribution in [0.25, 0.3) is 0 Å². The van der Waals surface area contributed by atoms with E-state index in [2.05, 4.69) is 5.32 Å². The largest absolute Gasteiger partial charge is 0.481 e. The van der Waals surface area contributed by atoms with E-state index in [-0.39, 0.29) is 35.9 Å². The Kier molecular flexibility index (Phi) is 5.69. The van der Waals surface area contributed by atoms with Crippen LogP contribution in [0.3, 0.4) is 0 Å². The maximum Gasteiger partial charge on any atom is 0.306 e. The number of carbonyl (C=O) groups excluding carboxylic acids is 1. The van der Waals surface area contributed by atoms with Crippen LogP contribution in [0, 0.1) is 17.7 Å². The number of carboxylic acids is 1. The SMILES string of the molecule is O=C(O)C1CCCC(C(=O)Nc2cccn(Cc3ccc(F)cc3)c2=O)C1. The highest BCUT2D eigenvalue weighted by atomic mass is 19.1. The Morgan fingerprint density at radius 1 is 1.15 bits per heavy atom. The van der Waals surface area contributed by atoms with Crippen molar-refractivity contribution < 1.29 is 19.1 Å². The van der Waals surface area contributed by atoms with Crippen LogP contribution in [-0.4, -0.2) is 21.6 Å². The Balaban J connectivity index is 1.72. The lowest BCUT2D eigenvalue weighted by molar-refractivity contribution is -0.143. The van der Waals surface area contributed by atoms with Gasteiger partial charge in [-0.3, -0.25) is 14.4 Å². The van der Waals surface area contributed by atoms with Crippen molar-refractivity contribution >= 4 is 17.6 Å². The van der Waals surface area contributed by atoms with Crippen molar-refractivity contribution in [1.29, 1.82) is 0 Å². The molecule has 27 heavy (non-hydrogen) atoms. The molecule has 2 atom stereocenters. The molecule has 3 rings (SSSR count). The maximum absolute atomic E-state index is 13.0. The van der Waals surface area contributed by atoms with Gasteiger partial charge < -0.3 is 15.0 Å². The van der Waals surface area contributed by atoms with Crippen molar-refractivity contribution in [3.8, 4) is 0 Å². The summed E-state index contributed by atoms with van der Waals surface area (Å²) in [6, 6.07) is 9.03. The second-order valence-electron chi connectivity index (χ2n) is 6.87. The minimum absolute atomic E-state index is 0.155. The van der Waals surface area contributed by atoms with Crippen molar-refractivity contribution in [2.24, 2.45) is 11.8 Å². The summed E-state index contributed by atoms with van der Waals surface area (Å²) in [5.74, 6) is -2.48. The number of hydrogen-bond donors (Lipinski definition) is 2. The molecular formula is C20H21FN2O4.